The summed E-state index contributed by atoms with van der Waals surface area (Å²) in [5.74, 6) is -0.568. The van der Waals surface area contributed by atoms with Crippen LogP contribution in [0.25, 0.3) is 0 Å². The summed E-state index contributed by atoms with van der Waals surface area (Å²) < 4.78 is 48.2. The molecular weight excluding hydrogens is 488 g/mol. The molecular formula is C27H35F2NO5S. The number of carbonyl (C=O) groups excluding carboxylic acids is 1. The first-order valence-electron chi connectivity index (χ1n) is 11.1. The standard InChI is InChI=1S/C15H18FN.C12H15FO2.H2O3S/c1-4-5-6-7-13(2)12-17(3)15-10-8-14(16)9-11-15;1-9(8-14)2-7-12(15)10-3-5-11(13)6-4-10;1-4(2)3/h4-11H,2,12H2,1,3H3;3-6,8-9,12,15H,2,7H2,1H3;(H2,1,2,3)/b5-4-,7-6-;;. The highest BCUT2D eigenvalue weighted by molar-refractivity contribution is 7.73. The number of halogens is 2. The van der Waals surface area contributed by atoms with Gasteiger partial charge in [-0.05, 0) is 67.3 Å². The Kier molecular flexibility index (Phi) is 17.6. The molecule has 0 saturated heterocycles. The van der Waals surface area contributed by atoms with Crippen molar-refractivity contribution < 1.29 is 32.0 Å². The Morgan fingerprint density at radius 2 is 1.53 bits per heavy atom. The molecule has 0 heterocycles. The first kappa shape index (κ1) is 33.0. The lowest BCUT2D eigenvalue weighted by molar-refractivity contribution is -0.110. The Hall–Kier alpha value is -2.98. The SMILES string of the molecule is C=C(/C=C\C=C/C)CN(C)c1ccc(F)cc1.CC(C=O)CCC(O)c1ccc(F)cc1.O=S(O)O. The zero-order chi connectivity index (χ0) is 27.5. The van der Waals surface area contributed by atoms with E-state index >= 15 is 0 Å². The van der Waals surface area contributed by atoms with Gasteiger partial charge < -0.3 is 14.8 Å². The number of hydrogen-bond acceptors (Lipinski definition) is 4. The number of likely N-dealkylation sites (N-methyl/N-ethyl adjacent to an activating group) is 1. The third kappa shape index (κ3) is 16.6. The van der Waals surface area contributed by atoms with Crippen molar-refractivity contribution in [2.24, 2.45) is 5.92 Å². The smallest absolute Gasteiger partial charge is 0.299 e. The number of rotatable bonds is 10. The Labute approximate surface area is 214 Å². The lowest BCUT2D eigenvalue weighted by Crippen LogP contribution is -2.19. The summed E-state index contributed by atoms with van der Waals surface area (Å²) in [7, 11) is 1.96. The van der Waals surface area contributed by atoms with Crippen LogP contribution in [-0.4, -0.2) is 38.3 Å². The predicted octanol–water partition coefficient (Wildman–Crippen LogP) is 6.11. The number of aldehydes is 1. The van der Waals surface area contributed by atoms with Crippen LogP contribution in [0.5, 0.6) is 0 Å². The van der Waals surface area contributed by atoms with E-state index in [0.29, 0.717) is 18.4 Å². The van der Waals surface area contributed by atoms with E-state index in [2.05, 4.69) is 6.58 Å². The van der Waals surface area contributed by atoms with E-state index in [1.54, 1.807) is 24.3 Å². The van der Waals surface area contributed by atoms with Crippen molar-refractivity contribution in [1.82, 2.24) is 0 Å². The predicted molar refractivity (Wildman–Crippen MR) is 142 cm³/mol. The lowest BCUT2D eigenvalue weighted by atomic mass is 10.00. The summed E-state index contributed by atoms with van der Waals surface area (Å²) >= 11 is -2.61. The second kappa shape index (κ2) is 19.2. The number of benzene rings is 2. The number of aliphatic hydroxyl groups excluding tert-OH is 1. The van der Waals surface area contributed by atoms with Crippen LogP contribution in [0.3, 0.4) is 0 Å². The molecule has 2 rings (SSSR count). The number of aliphatic hydroxyl groups is 1. The fourth-order valence-corrected chi connectivity index (χ4v) is 2.79. The number of hydrogen-bond donors (Lipinski definition) is 3. The third-order valence-electron chi connectivity index (χ3n) is 4.73. The van der Waals surface area contributed by atoms with Gasteiger partial charge in [0.05, 0.1) is 6.10 Å². The summed E-state index contributed by atoms with van der Waals surface area (Å²) in [4.78, 5) is 12.4. The molecule has 0 aliphatic rings. The fourth-order valence-electron chi connectivity index (χ4n) is 2.79. The van der Waals surface area contributed by atoms with Crippen LogP contribution in [0.4, 0.5) is 14.5 Å². The van der Waals surface area contributed by atoms with Gasteiger partial charge in [0.15, 0.2) is 0 Å². The molecule has 3 N–H and O–H groups in total. The molecule has 0 fully saturated rings. The summed E-state index contributed by atoms with van der Waals surface area (Å²) in [6.07, 6.45) is 9.27. The second-order valence-electron chi connectivity index (χ2n) is 7.86. The van der Waals surface area contributed by atoms with E-state index in [1.807, 2.05) is 50.1 Å². The van der Waals surface area contributed by atoms with E-state index in [1.165, 1.54) is 24.3 Å². The van der Waals surface area contributed by atoms with Crippen LogP contribution >= 0.6 is 0 Å². The first-order chi connectivity index (χ1) is 17.0. The van der Waals surface area contributed by atoms with Crippen LogP contribution < -0.4 is 4.90 Å². The molecule has 2 aromatic rings. The van der Waals surface area contributed by atoms with Crippen molar-refractivity contribution in [2.45, 2.75) is 32.8 Å². The van der Waals surface area contributed by atoms with Gasteiger partial charge in [-0.3, -0.25) is 9.11 Å². The Bertz CT molecular complexity index is 975. The van der Waals surface area contributed by atoms with Gasteiger partial charge in [-0.15, -0.1) is 0 Å². The maximum absolute atomic E-state index is 12.8. The van der Waals surface area contributed by atoms with Gasteiger partial charge in [0.1, 0.15) is 17.9 Å². The van der Waals surface area contributed by atoms with Crippen molar-refractivity contribution in [3.63, 3.8) is 0 Å². The third-order valence-corrected chi connectivity index (χ3v) is 4.73. The molecule has 36 heavy (non-hydrogen) atoms. The molecule has 0 spiro atoms. The highest BCUT2D eigenvalue weighted by Crippen LogP contribution is 2.20. The molecule has 198 valence electrons. The maximum atomic E-state index is 12.8. The van der Waals surface area contributed by atoms with E-state index < -0.39 is 17.5 Å². The molecule has 0 amide bonds. The number of anilines is 1. The summed E-state index contributed by atoms with van der Waals surface area (Å²) in [6, 6.07) is 12.2. The molecule has 0 aliphatic heterocycles. The van der Waals surface area contributed by atoms with Gasteiger partial charge in [0, 0.05) is 25.2 Å². The Morgan fingerprint density at radius 1 is 1.03 bits per heavy atom. The normalized spacial score (nSPS) is 12.4. The van der Waals surface area contributed by atoms with Crippen LogP contribution in [-0.2, 0) is 16.2 Å². The van der Waals surface area contributed by atoms with Crippen LogP contribution in [0.2, 0.25) is 0 Å². The van der Waals surface area contributed by atoms with Gasteiger partial charge in [-0.1, -0.05) is 49.9 Å². The van der Waals surface area contributed by atoms with Gasteiger partial charge in [0.25, 0.3) is 11.4 Å². The zero-order valence-electron chi connectivity index (χ0n) is 20.8. The van der Waals surface area contributed by atoms with Crippen molar-refractivity contribution in [2.75, 3.05) is 18.5 Å². The number of allylic oxidation sites excluding steroid dienone is 3. The zero-order valence-corrected chi connectivity index (χ0v) is 21.6. The molecule has 0 aromatic heterocycles. The quantitative estimate of drug-likeness (QED) is 0.198. The molecule has 9 heteroatoms. The molecule has 2 atom stereocenters. The van der Waals surface area contributed by atoms with Crippen molar-refractivity contribution in [3.8, 4) is 0 Å². The molecule has 2 aromatic carbocycles. The molecule has 6 nitrogen and oxygen atoms in total. The average molecular weight is 524 g/mol. The van der Waals surface area contributed by atoms with Crippen LogP contribution in [0, 0.1) is 17.6 Å². The topological polar surface area (TPSA) is 98.1 Å². The minimum Gasteiger partial charge on any atom is -0.388 e. The van der Waals surface area contributed by atoms with Gasteiger partial charge in [0.2, 0.25) is 0 Å². The van der Waals surface area contributed by atoms with E-state index in [4.69, 9.17) is 13.3 Å². The van der Waals surface area contributed by atoms with Gasteiger partial charge in [-0.2, -0.15) is 4.21 Å². The highest BCUT2D eigenvalue weighted by Gasteiger charge is 2.09. The number of carbonyl (C=O) groups is 1. The largest absolute Gasteiger partial charge is 0.388 e. The van der Waals surface area contributed by atoms with E-state index in [0.717, 1.165) is 24.1 Å². The average Bonchev–Trinajstić information content (AvgIpc) is 2.83. The minimum absolute atomic E-state index is 0.0416. The fraction of sp³-hybridized carbons (Fsp3) is 0.296. The molecule has 0 bridgehead atoms. The first-order valence-corrected chi connectivity index (χ1v) is 12.2. The van der Waals surface area contributed by atoms with Crippen molar-refractivity contribution in [3.05, 3.63) is 102 Å². The highest BCUT2D eigenvalue weighted by atomic mass is 32.2. The van der Waals surface area contributed by atoms with Crippen LogP contribution in [0.1, 0.15) is 38.4 Å². The minimum atomic E-state index is -2.61. The summed E-state index contributed by atoms with van der Waals surface area (Å²) in [5.41, 5.74) is 2.68. The van der Waals surface area contributed by atoms with Crippen LogP contribution in [0.15, 0.2) is 85.0 Å². The molecule has 0 aliphatic carbocycles. The molecule has 0 saturated carbocycles. The second-order valence-corrected chi connectivity index (χ2v) is 8.33. The van der Waals surface area contributed by atoms with Gasteiger partial charge in [-0.25, -0.2) is 8.78 Å². The van der Waals surface area contributed by atoms with Crippen molar-refractivity contribution in [1.29, 1.82) is 0 Å². The van der Waals surface area contributed by atoms with Gasteiger partial charge >= 0.3 is 0 Å². The Morgan fingerprint density at radius 3 is 2.00 bits per heavy atom. The monoisotopic (exact) mass is 523 g/mol. The summed E-state index contributed by atoms with van der Waals surface area (Å²) in [5, 5.41) is 9.72. The Balaban J connectivity index is 0.000000596. The van der Waals surface area contributed by atoms with Crippen molar-refractivity contribution >= 4 is 23.3 Å². The maximum Gasteiger partial charge on any atom is 0.299 e. The summed E-state index contributed by atoms with van der Waals surface area (Å²) in [6.45, 7) is 8.47. The molecule has 0 radical (unpaired) electrons. The van der Waals surface area contributed by atoms with E-state index in [-0.39, 0.29) is 17.6 Å². The molecule has 2 unspecified atom stereocenters. The van der Waals surface area contributed by atoms with E-state index in [9.17, 15) is 18.7 Å². The lowest BCUT2D eigenvalue weighted by Gasteiger charge is -2.19. The number of nitrogens with zero attached hydrogens (tertiary/aromatic N) is 1.